The summed E-state index contributed by atoms with van der Waals surface area (Å²) in [5.74, 6) is 0.754. The predicted molar refractivity (Wildman–Crippen MR) is 62.3 cm³/mol. The molecule has 14 heavy (non-hydrogen) atoms. The summed E-state index contributed by atoms with van der Waals surface area (Å²) in [4.78, 5) is 0. The molecule has 0 aromatic carbocycles. The van der Waals surface area contributed by atoms with Crippen molar-refractivity contribution in [1.82, 2.24) is 10.2 Å². The molecule has 3 nitrogen and oxygen atoms in total. The molecule has 1 aromatic rings. The first-order chi connectivity index (χ1) is 6.83. The molecule has 0 saturated carbocycles. The van der Waals surface area contributed by atoms with E-state index in [0.29, 0.717) is 11.8 Å². The molecule has 6 heteroatoms. The maximum Gasteiger partial charge on any atom is 0.294 e. The number of rotatable bonds is 7. The summed E-state index contributed by atoms with van der Waals surface area (Å²) in [6, 6.07) is 0. The summed E-state index contributed by atoms with van der Waals surface area (Å²) in [5, 5.41) is 8.25. The van der Waals surface area contributed by atoms with Crippen LogP contribution in [0.3, 0.4) is 0 Å². The van der Waals surface area contributed by atoms with Crippen LogP contribution >= 0.6 is 38.9 Å². The lowest BCUT2D eigenvalue weighted by atomic mass is 10.2. The number of aromatic nitrogens is 2. The van der Waals surface area contributed by atoms with E-state index in [2.05, 4.69) is 26.1 Å². The second-order valence-electron chi connectivity index (χ2n) is 2.77. The fourth-order valence-corrected chi connectivity index (χ4v) is 2.09. The Morgan fingerprint density at radius 1 is 1.21 bits per heavy atom. The fraction of sp³-hybridized carbons (Fsp3) is 0.750. The van der Waals surface area contributed by atoms with Crippen molar-refractivity contribution in [2.45, 2.75) is 25.7 Å². The van der Waals surface area contributed by atoms with E-state index in [1.54, 1.807) is 0 Å². The van der Waals surface area contributed by atoms with Crippen molar-refractivity contribution in [2.75, 3.05) is 12.5 Å². The van der Waals surface area contributed by atoms with Crippen LogP contribution in [0.5, 0.6) is 5.19 Å². The van der Waals surface area contributed by atoms with Crippen molar-refractivity contribution >= 4 is 38.9 Å². The molecule has 0 aliphatic heterocycles. The third-order valence-electron chi connectivity index (χ3n) is 1.64. The van der Waals surface area contributed by atoms with Crippen molar-refractivity contribution in [3.63, 3.8) is 0 Å². The molecule has 0 fully saturated rings. The topological polar surface area (TPSA) is 35.0 Å². The highest BCUT2D eigenvalue weighted by atomic mass is 79.9. The van der Waals surface area contributed by atoms with Gasteiger partial charge in [0.1, 0.15) is 0 Å². The van der Waals surface area contributed by atoms with Crippen molar-refractivity contribution in [1.29, 1.82) is 0 Å². The summed E-state index contributed by atoms with van der Waals surface area (Å²) >= 11 is 10.2. The van der Waals surface area contributed by atoms with Crippen molar-refractivity contribution in [2.24, 2.45) is 0 Å². The Kier molecular flexibility index (Phi) is 6.47. The molecule has 0 bridgehead atoms. The van der Waals surface area contributed by atoms with Crippen LogP contribution in [-0.4, -0.2) is 22.7 Å². The minimum Gasteiger partial charge on any atom is -0.469 e. The van der Waals surface area contributed by atoms with Gasteiger partial charge in [0.25, 0.3) is 5.19 Å². The van der Waals surface area contributed by atoms with Crippen LogP contribution in [0.2, 0.25) is 0 Å². The summed E-state index contributed by atoms with van der Waals surface area (Å²) in [7, 11) is 0. The zero-order valence-corrected chi connectivity index (χ0v) is 10.9. The van der Waals surface area contributed by atoms with Crippen LogP contribution in [0, 0.1) is 0 Å². The first-order valence-corrected chi connectivity index (χ1v) is 6.65. The van der Waals surface area contributed by atoms with E-state index in [-0.39, 0.29) is 0 Å². The highest BCUT2D eigenvalue weighted by molar-refractivity contribution is 9.11. The Morgan fingerprint density at radius 2 is 2.00 bits per heavy atom. The molecule has 0 atom stereocenters. The number of nitrogens with zero attached hydrogens (tertiary/aromatic N) is 2. The smallest absolute Gasteiger partial charge is 0.294 e. The van der Waals surface area contributed by atoms with Gasteiger partial charge in [-0.1, -0.05) is 17.9 Å². The number of hydrogen-bond acceptors (Lipinski definition) is 4. The Hall–Kier alpha value is 0.130. The van der Waals surface area contributed by atoms with E-state index in [1.807, 2.05) is 0 Å². The van der Waals surface area contributed by atoms with Gasteiger partial charge in [-0.2, -0.15) is 0 Å². The van der Waals surface area contributed by atoms with E-state index in [9.17, 15) is 0 Å². The number of unbranched alkanes of at least 4 members (excludes halogenated alkanes) is 3. The van der Waals surface area contributed by atoms with Gasteiger partial charge in [-0.3, -0.25) is 0 Å². The van der Waals surface area contributed by atoms with Gasteiger partial charge in [0.15, 0.2) is 3.92 Å². The monoisotopic (exact) mass is 298 g/mol. The van der Waals surface area contributed by atoms with Crippen molar-refractivity contribution in [3.05, 3.63) is 3.92 Å². The van der Waals surface area contributed by atoms with Gasteiger partial charge in [-0.25, -0.2) is 0 Å². The Balaban J connectivity index is 1.99. The average Bonchev–Trinajstić information content (AvgIpc) is 2.58. The normalized spacial score (nSPS) is 10.4. The van der Waals surface area contributed by atoms with E-state index in [1.165, 1.54) is 17.8 Å². The van der Waals surface area contributed by atoms with Crippen LogP contribution in [0.1, 0.15) is 25.7 Å². The maximum atomic E-state index is 5.56. The van der Waals surface area contributed by atoms with Gasteiger partial charge in [0.05, 0.1) is 6.61 Å². The van der Waals surface area contributed by atoms with E-state index in [0.717, 1.165) is 29.1 Å². The fourth-order valence-electron chi connectivity index (χ4n) is 0.961. The van der Waals surface area contributed by atoms with E-state index < -0.39 is 0 Å². The number of alkyl halides is 1. The summed E-state index contributed by atoms with van der Waals surface area (Å²) < 4.78 is 6.15. The number of hydrogen-bond donors (Lipinski definition) is 0. The summed E-state index contributed by atoms with van der Waals surface area (Å²) in [5.41, 5.74) is 0. The zero-order chi connectivity index (χ0) is 10.2. The lowest BCUT2D eigenvalue weighted by Gasteiger charge is -2.00. The van der Waals surface area contributed by atoms with Crippen molar-refractivity contribution in [3.8, 4) is 5.19 Å². The molecular weight excluding hydrogens is 288 g/mol. The summed E-state index contributed by atoms with van der Waals surface area (Å²) in [6.07, 6.45) is 4.47. The minimum atomic E-state index is 0.634. The Labute approximate surface area is 101 Å². The molecule has 0 aliphatic rings. The third-order valence-corrected chi connectivity index (χ3v) is 3.17. The molecule has 0 spiro atoms. The predicted octanol–water partition coefficient (Wildman–Crippen LogP) is 3.48. The standard InChI is InChI=1S/C8H12BrClN2OS/c9-7-11-12-8(14-7)13-6-4-2-1-3-5-10/h1-6H2. The van der Waals surface area contributed by atoms with E-state index >= 15 is 0 Å². The third kappa shape index (κ3) is 5.12. The Morgan fingerprint density at radius 3 is 2.64 bits per heavy atom. The van der Waals surface area contributed by atoms with Crippen LogP contribution in [0.25, 0.3) is 0 Å². The molecule has 0 N–H and O–H groups in total. The summed E-state index contributed by atoms with van der Waals surface area (Å²) in [6.45, 7) is 0.712. The molecule has 1 rings (SSSR count). The highest BCUT2D eigenvalue weighted by Gasteiger charge is 2.00. The zero-order valence-electron chi connectivity index (χ0n) is 7.71. The maximum absolute atomic E-state index is 5.56. The SMILES string of the molecule is ClCCCCCCOc1nnc(Br)s1. The molecule has 80 valence electrons. The number of halogens is 2. The van der Waals surface area contributed by atoms with Gasteiger partial charge >= 0.3 is 0 Å². The van der Waals surface area contributed by atoms with Crippen molar-refractivity contribution < 1.29 is 4.74 Å². The molecule has 0 amide bonds. The van der Waals surface area contributed by atoms with Gasteiger partial charge in [0, 0.05) is 5.88 Å². The molecule has 0 aliphatic carbocycles. The van der Waals surface area contributed by atoms with Gasteiger partial charge in [0.2, 0.25) is 0 Å². The lowest BCUT2D eigenvalue weighted by Crippen LogP contribution is -1.96. The number of ether oxygens (including phenoxy) is 1. The Bertz CT molecular complexity index is 259. The first kappa shape index (κ1) is 12.2. The second-order valence-corrected chi connectivity index (χ2v) is 5.37. The van der Waals surface area contributed by atoms with Gasteiger partial charge in [-0.05, 0) is 40.1 Å². The molecule has 1 heterocycles. The lowest BCUT2D eigenvalue weighted by molar-refractivity contribution is 0.301. The molecule has 0 unspecified atom stereocenters. The average molecular weight is 300 g/mol. The quantitative estimate of drug-likeness (QED) is 0.571. The largest absolute Gasteiger partial charge is 0.469 e. The van der Waals surface area contributed by atoms with Crippen LogP contribution < -0.4 is 4.74 Å². The minimum absolute atomic E-state index is 0.634. The molecule has 0 saturated heterocycles. The van der Waals surface area contributed by atoms with Crippen LogP contribution in [0.4, 0.5) is 0 Å². The van der Waals surface area contributed by atoms with Gasteiger partial charge in [-0.15, -0.1) is 16.7 Å². The van der Waals surface area contributed by atoms with Crippen LogP contribution in [0.15, 0.2) is 3.92 Å². The molecule has 0 radical (unpaired) electrons. The van der Waals surface area contributed by atoms with E-state index in [4.69, 9.17) is 16.3 Å². The van der Waals surface area contributed by atoms with Gasteiger partial charge < -0.3 is 4.74 Å². The first-order valence-electron chi connectivity index (χ1n) is 4.50. The molecule has 1 aromatic heterocycles. The van der Waals surface area contributed by atoms with Crippen LogP contribution in [-0.2, 0) is 0 Å². The molecular formula is C8H12BrClN2OS. The second kappa shape index (κ2) is 7.43. The highest BCUT2D eigenvalue weighted by Crippen LogP contribution is 2.22.